The molecule has 1 amide bonds. The van der Waals surface area contributed by atoms with E-state index in [0.717, 1.165) is 25.7 Å². The zero-order valence-electron chi connectivity index (χ0n) is 12.8. The van der Waals surface area contributed by atoms with Crippen molar-refractivity contribution in [3.05, 3.63) is 30.1 Å². The van der Waals surface area contributed by atoms with Crippen LogP contribution >= 0.6 is 0 Å². The Morgan fingerprint density at radius 3 is 2.52 bits per heavy atom. The van der Waals surface area contributed by atoms with Crippen molar-refractivity contribution in [2.75, 3.05) is 18.0 Å². The lowest BCUT2D eigenvalue weighted by Crippen LogP contribution is -2.41. The molecule has 3 nitrogen and oxygen atoms in total. The fourth-order valence-corrected chi connectivity index (χ4v) is 3.32. The summed E-state index contributed by atoms with van der Waals surface area (Å²) in [5.74, 6) is -0.368. The molecule has 1 aliphatic carbocycles. The van der Waals surface area contributed by atoms with Crippen molar-refractivity contribution in [2.45, 2.75) is 45.4 Å². The molecule has 116 valence electrons. The number of para-hydroxylation sites is 1. The van der Waals surface area contributed by atoms with Gasteiger partial charge in [0, 0.05) is 13.0 Å². The molecule has 4 heteroatoms. The summed E-state index contributed by atoms with van der Waals surface area (Å²) in [5.41, 5.74) is 6.23. The Balaban J connectivity index is 2.15. The third-order valence-electron chi connectivity index (χ3n) is 4.63. The molecule has 0 bridgehead atoms. The number of hydrogen-bond acceptors (Lipinski definition) is 2. The van der Waals surface area contributed by atoms with Gasteiger partial charge in [-0.15, -0.1) is 0 Å². The lowest BCUT2D eigenvalue weighted by atomic mass is 9.71. The van der Waals surface area contributed by atoms with Crippen LogP contribution in [0.3, 0.4) is 0 Å². The summed E-state index contributed by atoms with van der Waals surface area (Å²) < 4.78 is 13.9. The molecule has 0 aromatic heterocycles. The van der Waals surface area contributed by atoms with Crippen LogP contribution in [0.1, 0.15) is 45.4 Å². The van der Waals surface area contributed by atoms with E-state index in [4.69, 9.17) is 5.73 Å². The van der Waals surface area contributed by atoms with E-state index < -0.39 is 0 Å². The minimum atomic E-state index is -0.349. The smallest absolute Gasteiger partial charge is 0.227 e. The lowest BCUT2D eigenvalue weighted by Gasteiger charge is -2.37. The van der Waals surface area contributed by atoms with Crippen LogP contribution in [-0.4, -0.2) is 19.0 Å². The van der Waals surface area contributed by atoms with Crippen LogP contribution < -0.4 is 10.6 Å². The Labute approximate surface area is 126 Å². The van der Waals surface area contributed by atoms with Crippen molar-refractivity contribution in [3.8, 4) is 0 Å². The van der Waals surface area contributed by atoms with Crippen LogP contribution in [0.4, 0.5) is 10.1 Å². The number of carbonyl (C=O) groups is 1. The second-order valence-electron chi connectivity index (χ2n) is 6.03. The Hall–Kier alpha value is -1.42. The third-order valence-corrected chi connectivity index (χ3v) is 4.63. The minimum absolute atomic E-state index is 0.0186. The summed E-state index contributed by atoms with van der Waals surface area (Å²) in [6, 6.07) is 6.45. The molecule has 1 aliphatic rings. The van der Waals surface area contributed by atoms with Gasteiger partial charge >= 0.3 is 0 Å². The molecule has 0 radical (unpaired) electrons. The number of nitrogens with two attached hydrogens (primary N) is 1. The molecule has 2 rings (SSSR count). The van der Waals surface area contributed by atoms with E-state index in [1.165, 1.54) is 12.5 Å². The van der Waals surface area contributed by atoms with Crippen molar-refractivity contribution >= 4 is 11.6 Å². The van der Waals surface area contributed by atoms with E-state index in [1.54, 1.807) is 23.1 Å². The quantitative estimate of drug-likeness (QED) is 0.903. The maximum absolute atomic E-state index is 13.9. The van der Waals surface area contributed by atoms with Gasteiger partial charge in [0.1, 0.15) is 5.82 Å². The Morgan fingerprint density at radius 1 is 1.29 bits per heavy atom. The zero-order valence-corrected chi connectivity index (χ0v) is 12.8. The molecule has 0 unspecified atom stereocenters. The van der Waals surface area contributed by atoms with Gasteiger partial charge in [-0.3, -0.25) is 4.79 Å². The van der Waals surface area contributed by atoms with Crippen molar-refractivity contribution in [3.63, 3.8) is 0 Å². The first-order chi connectivity index (χ1) is 10.1. The summed E-state index contributed by atoms with van der Waals surface area (Å²) in [7, 11) is 0. The Bertz CT molecular complexity index is 483. The van der Waals surface area contributed by atoms with E-state index in [0.29, 0.717) is 25.2 Å². The molecule has 0 atom stereocenters. The SMILES string of the molecule is CCN(C(=O)CC1(CN)CCCCC1)c1ccccc1F. The average molecular weight is 292 g/mol. The molecule has 0 aliphatic heterocycles. The van der Waals surface area contributed by atoms with Crippen LogP contribution in [0.5, 0.6) is 0 Å². The number of amides is 1. The van der Waals surface area contributed by atoms with E-state index in [-0.39, 0.29) is 17.1 Å². The highest BCUT2D eigenvalue weighted by Crippen LogP contribution is 2.39. The molecule has 0 heterocycles. The highest BCUT2D eigenvalue weighted by atomic mass is 19.1. The van der Waals surface area contributed by atoms with Gasteiger partial charge in [-0.25, -0.2) is 4.39 Å². The first kappa shape index (κ1) is 16.0. The Morgan fingerprint density at radius 2 is 1.95 bits per heavy atom. The lowest BCUT2D eigenvalue weighted by molar-refractivity contribution is -0.121. The summed E-state index contributed by atoms with van der Waals surface area (Å²) in [6.07, 6.45) is 5.92. The zero-order chi connectivity index (χ0) is 15.3. The van der Waals surface area contributed by atoms with E-state index in [2.05, 4.69) is 0 Å². The Kier molecular flexibility index (Phi) is 5.34. The second-order valence-corrected chi connectivity index (χ2v) is 6.03. The topological polar surface area (TPSA) is 46.3 Å². The van der Waals surface area contributed by atoms with E-state index >= 15 is 0 Å². The molecule has 0 spiro atoms. The number of benzene rings is 1. The van der Waals surface area contributed by atoms with Crippen LogP contribution in [-0.2, 0) is 4.79 Å². The van der Waals surface area contributed by atoms with Gasteiger partial charge in [0.2, 0.25) is 5.91 Å². The maximum atomic E-state index is 13.9. The third kappa shape index (κ3) is 3.62. The molecule has 1 saturated carbocycles. The standard InChI is InChI=1S/C17H25FN2O/c1-2-20(15-9-5-4-8-14(15)18)16(21)12-17(13-19)10-6-3-7-11-17/h4-5,8-9H,2-3,6-7,10-13,19H2,1H3. The van der Waals surface area contributed by atoms with Gasteiger partial charge < -0.3 is 10.6 Å². The number of halogens is 1. The molecular weight excluding hydrogens is 267 g/mol. The summed E-state index contributed by atoms with van der Waals surface area (Å²) in [4.78, 5) is 14.2. The van der Waals surface area contributed by atoms with Crippen LogP contribution in [0, 0.1) is 11.2 Å². The van der Waals surface area contributed by atoms with Crippen molar-refractivity contribution < 1.29 is 9.18 Å². The highest BCUT2D eigenvalue weighted by Gasteiger charge is 2.34. The predicted molar refractivity (Wildman–Crippen MR) is 83.6 cm³/mol. The average Bonchev–Trinajstić information content (AvgIpc) is 2.51. The molecular formula is C17H25FN2O. The second kappa shape index (κ2) is 7.03. The van der Waals surface area contributed by atoms with Gasteiger partial charge in [-0.05, 0) is 43.9 Å². The van der Waals surface area contributed by atoms with Crippen LogP contribution in [0.15, 0.2) is 24.3 Å². The van der Waals surface area contributed by atoms with Gasteiger partial charge in [0.05, 0.1) is 5.69 Å². The number of nitrogens with zero attached hydrogens (tertiary/aromatic N) is 1. The first-order valence-electron chi connectivity index (χ1n) is 7.87. The van der Waals surface area contributed by atoms with Crippen molar-refractivity contribution in [1.82, 2.24) is 0 Å². The largest absolute Gasteiger partial charge is 0.330 e. The van der Waals surface area contributed by atoms with Crippen molar-refractivity contribution in [2.24, 2.45) is 11.1 Å². The minimum Gasteiger partial charge on any atom is -0.330 e. The summed E-state index contributed by atoms with van der Waals surface area (Å²) in [6.45, 7) is 2.88. The molecule has 1 aromatic carbocycles. The normalized spacial score (nSPS) is 17.5. The summed E-state index contributed by atoms with van der Waals surface area (Å²) >= 11 is 0. The molecule has 1 aromatic rings. The van der Waals surface area contributed by atoms with Crippen LogP contribution in [0.25, 0.3) is 0 Å². The van der Waals surface area contributed by atoms with E-state index in [9.17, 15) is 9.18 Å². The maximum Gasteiger partial charge on any atom is 0.227 e. The van der Waals surface area contributed by atoms with Gasteiger partial charge in [-0.2, -0.15) is 0 Å². The molecule has 21 heavy (non-hydrogen) atoms. The summed E-state index contributed by atoms with van der Waals surface area (Å²) in [5, 5.41) is 0. The van der Waals surface area contributed by atoms with Crippen LogP contribution in [0.2, 0.25) is 0 Å². The van der Waals surface area contributed by atoms with E-state index in [1.807, 2.05) is 6.92 Å². The van der Waals surface area contributed by atoms with Gasteiger partial charge in [-0.1, -0.05) is 31.4 Å². The first-order valence-corrected chi connectivity index (χ1v) is 7.87. The highest BCUT2D eigenvalue weighted by molar-refractivity contribution is 5.93. The number of hydrogen-bond donors (Lipinski definition) is 1. The fraction of sp³-hybridized carbons (Fsp3) is 0.588. The van der Waals surface area contributed by atoms with Gasteiger partial charge in [0.25, 0.3) is 0 Å². The predicted octanol–water partition coefficient (Wildman–Crippen LogP) is 3.48. The number of anilines is 1. The molecule has 2 N–H and O–H groups in total. The fourth-order valence-electron chi connectivity index (χ4n) is 3.32. The monoisotopic (exact) mass is 292 g/mol. The number of carbonyl (C=O) groups excluding carboxylic acids is 1. The number of rotatable bonds is 5. The van der Waals surface area contributed by atoms with Gasteiger partial charge in [0.15, 0.2) is 0 Å². The van der Waals surface area contributed by atoms with Crippen molar-refractivity contribution in [1.29, 1.82) is 0 Å². The molecule has 0 saturated heterocycles. The molecule has 1 fully saturated rings.